The highest BCUT2D eigenvalue weighted by Gasteiger charge is 2.15. The van der Waals surface area contributed by atoms with Crippen LogP contribution < -0.4 is 5.32 Å². The van der Waals surface area contributed by atoms with Crippen LogP contribution >= 0.6 is 0 Å². The third-order valence-electron chi connectivity index (χ3n) is 1.72. The second-order valence-corrected chi connectivity index (χ2v) is 2.49. The number of nitrogens with one attached hydrogen (secondary N) is 1. The number of benzene rings is 1. The van der Waals surface area contributed by atoms with Crippen LogP contribution in [0, 0.1) is 6.54 Å². The Morgan fingerprint density at radius 2 is 2.09 bits per heavy atom. The molecule has 0 aliphatic carbocycles. The zero-order valence-electron chi connectivity index (χ0n) is 6.16. The van der Waals surface area contributed by atoms with Crippen molar-refractivity contribution in [1.29, 1.82) is 0 Å². The molecule has 1 aromatic carbocycles. The van der Waals surface area contributed by atoms with E-state index in [0.29, 0.717) is 6.61 Å². The summed E-state index contributed by atoms with van der Waals surface area (Å²) in [5, 5.41) is 3.13. The molecule has 2 heteroatoms. The van der Waals surface area contributed by atoms with Crippen LogP contribution in [-0.4, -0.2) is 6.61 Å². The van der Waals surface area contributed by atoms with Gasteiger partial charge in [0.2, 0.25) is 0 Å². The van der Waals surface area contributed by atoms with Gasteiger partial charge in [0.05, 0.1) is 13.2 Å². The van der Waals surface area contributed by atoms with Gasteiger partial charge in [-0.3, -0.25) is 5.32 Å². The van der Waals surface area contributed by atoms with E-state index in [0.717, 1.165) is 0 Å². The van der Waals surface area contributed by atoms with E-state index in [1.807, 2.05) is 24.7 Å². The van der Waals surface area contributed by atoms with E-state index in [-0.39, 0.29) is 6.23 Å². The highest BCUT2D eigenvalue weighted by atomic mass is 16.5. The van der Waals surface area contributed by atoms with Crippen molar-refractivity contribution in [2.45, 2.75) is 6.23 Å². The number of rotatable bonds is 1. The average Bonchev–Trinajstić information content (AvgIpc) is 2.58. The van der Waals surface area contributed by atoms with Crippen LogP contribution in [0.15, 0.2) is 30.3 Å². The minimum Gasteiger partial charge on any atom is -0.357 e. The maximum atomic E-state index is 5.37. The molecule has 0 aromatic heterocycles. The van der Waals surface area contributed by atoms with E-state index in [9.17, 15) is 0 Å². The van der Waals surface area contributed by atoms with Gasteiger partial charge < -0.3 is 4.74 Å². The molecule has 1 aliphatic heterocycles. The summed E-state index contributed by atoms with van der Waals surface area (Å²) >= 11 is 0. The molecular formula is C9H10NO. The number of hydrogen-bond donors (Lipinski definition) is 1. The minimum absolute atomic E-state index is 0.0659. The lowest BCUT2D eigenvalue weighted by Gasteiger charge is -2.08. The van der Waals surface area contributed by atoms with E-state index >= 15 is 0 Å². The van der Waals surface area contributed by atoms with E-state index < -0.39 is 0 Å². The Morgan fingerprint density at radius 1 is 1.27 bits per heavy atom. The molecule has 57 valence electrons. The predicted octanol–water partition coefficient (Wildman–Crippen LogP) is 1.47. The Balaban J connectivity index is 2.16. The maximum Gasteiger partial charge on any atom is 0.134 e. The fourth-order valence-electron chi connectivity index (χ4n) is 1.17. The second-order valence-electron chi connectivity index (χ2n) is 2.49. The Kier molecular flexibility index (Phi) is 1.88. The molecular weight excluding hydrogens is 138 g/mol. The zero-order chi connectivity index (χ0) is 7.52. The molecule has 1 unspecified atom stereocenters. The molecule has 1 fully saturated rings. The topological polar surface area (TPSA) is 21.3 Å². The highest BCUT2D eigenvalue weighted by Crippen LogP contribution is 2.17. The lowest BCUT2D eigenvalue weighted by molar-refractivity contribution is 0.103. The van der Waals surface area contributed by atoms with Crippen LogP contribution in [0.1, 0.15) is 11.8 Å². The van der Waals surface area contributed by atoms with Gasteiger partial charge in [-0.1, -0.05) is 30.3 Å². The van der Waals surface area contributed by atoms with Gasteiger partial charge in [0.25, 0.3) is 0 Å². The summed E-state index contributed by atoms with van der Waals surface area (Å²) in [5.41, 5.74) is 1.18. The lowest BCUT2D eigenvalue weighted by atomic mass is 10.2. The van der Waals surface area contributed by atoms with Crippen LogP contribution in [0.25, 0.3) is 0 Å². The Bertz CT molecular complexity index is 216. The first-order chi connectivity index (χ1) is 5.47. The quantitative estimate of drug-likeness (QED) is 0.651. The van der Waals surface area contributed by atoms with E-state index in [1.54, 1.807) is 0 Å². The van der Waals surface area contributed by atoms with Crippen molar-refractivity contribution in [2.24, 2.45) is 0 Å². The van der Waals surface area contributed by atoms with Crippen molar-refractivity contribution in [3.63, 3.8) is 0 Å². The van der Waals surface area contributed by atoms with Gasteiger partial charge in [0, 0.05) is 0 Å². The summed E-state index contributed by atoms with van der Waals surface area (Å²) in [6.07, 6.45) is 0.0659. The fourth-order valence-corrected chi connectivity index (χ4v) is 1.17. The molecule has 1 N–H and O–H groups in total. The average molecular weight is 148 g/mol. The third-order valence-corrected chi connectivity index (χ3v) is 1.72. The lowest BCUT2D eigenvalue weighted by Crippen LogP contribution is -2.10. The molecule has 2 nitrogen and oxygen atoms in total. The van der Waals surface area contributed by atoms with Crippen LogP contribution in [0.4, 0.5) is 0 Å². The molecule has 1 saturated heterocycles. The molecule has 0 bridgehead atoms. The SMILES string of the molecule is [CH]1COC(c2ccccc2)N1. The second kappa shape index (κ2) is 3.03. The molecule has 1 atom stereocenters. The molecule has 1 aromatic rings. The van der Waals surface area contributed by atoms with Crippen LogP contribution in [0.5, 0.6) is 0 Å². The van der Waals surface area contributed by atoms with Gasteiger partial charge in [-0.25, -0.2) is 0 Å². The Labute approximate surface area is 66.2 Å². The van der Waals surface area contributed by atoms with Gasteiger partial charge in [0.15, 0.2) is 0 Å². The first-order valence-corrected chi connectivity index (χ1v) is 3.71. The summed E-state index contributed by atoms with van der Waals surface area (Å²) in [6, 6.07) is 10.1. The summed E-state index contributed by atoms with van der Waals surface area (Å²) in [5.74, 6) is 0. The summed E-state index contributed by atoms with van der Waals surface area (Å²) in [4.78, 5) is 0. The molecule has 1 radical (unpaired) electrons. The molecule has 1 heterocycles. The highest BCUT2D eigenvalue weighted by molar-refractivity contribution is 5.17. The molecule has 2 rings (SSSR count). The van der Waals surface area contributed by atoms with Gasteiger partial charge >= 0.3 is 0 Å². The fraction of sp³-hybridized carbons (Fsp3) is 0.222. The summed E-state index contributed by atoms with van der Waals surface area (Å²) in [6.45, 7) is 2.62. The van der Waals surface area contributed by atoms with Crippen molar-refractivity contribution in [2.75, 3.05) is 6.61 Å². The van der Waals surface area contributed by atoms with Crippen molar-refractivity contribution in [3.8, 4) is 0 Å². The van der Waals surface area contributed by atoms with Crippen molar-refractivity contribution in [1.82, 2.24) is 5.32 Å². The smallest absolute Gasteiger partial charge is 0.134 e. The first-order valence-electron chi connectivity index (χ1n) is 3.71. The molecule has 1 aliphatic rings. The molecule has 11 heavy (non-hydrogen) atoms. The Morgan fingerprint density at radius 3 is 2.73 bits per heavy atom. The zero-order valence-corrected chi connectivity index (χ0v) is 6.16. The van der Waals surface area contributed by atoms with Gasteiger partial charge in [-0.05, 0) is 5.56 Å². The normalized spacial score (nSPS) is 23.8. The van der Waals surface area contributed by atoms with Crippen molar-refractivity contribution in [3.05, 3.63) is 42.4 Å². The number of hydrogen-bond acceptors (Lipinski definition) is 2. The van der Waals surface area contributed by atoms with Crippen molar-refractivity contribution < 1.29 is 4.74 Å². The van der Waals surface area contributed by atoms with Gasteiger partial charge in [0.1, 0.15) is 6.23 Å². The number of ether oxygens (including phenoxy) is 1. The van der Waals surface area contributed by atoms with E-state index in [4.69, 9.17) is 4.74 Å². The largest absolute Gasteiger partial charge is 0.357 e. The van der Waals surface area contributed by atoms with E-state index in [2.05, 4.69) is 17.4 Å². The predicted molar refractivity (Wildman–Crippen MR) is 42.6 cm³/mol. The monoisotopic (exact) mass is 148 g/mol. The van der Waals surface area contributed by atoms with Crippen LogP contribution in [0.3, 0.4) is 0 Å². The van der Waals surface area contributed by atoms with Crippen molar-refractivity contribution >= 4 is 0 Å². The van der Waals surface area contributed by atoms with Crippen LogP contribution in [0.2, 0.25) is 0 Å². The maximum absolute atomic E-state index is 5.37. The summed E-state index contributed by atoms with van der Waals surface area (Å²) < 4.78 is 5.37. The summed E-state index contributed by atoms with van der Waals surface area (Å²) in [7, 11) is 0. The van der Waals surface area contributed by atoms with Crippen LogP contribution in [-0.2, 0) is 4.74 Å². The minimum atomic E-state index is 0.0659. The first kappa shape index (κ1) is 6.83. The van der Waals surface area contributed by atoms with Gasteiger partial charge in [-0.15, -0.1) is 0 Å². The third kappa shape index (κ3) is 1.42. The van der Waals surface area contributed by atoms with Gasteiger partial charge in [-0.2, -0.15) is 0 Å². The molecule has 0 saturated carbocycles. The molecule has 0 spiro atoms. The van der Waals surface area contributed by atoms with E-state index in [1.165, 1.54) is 5.56 Å². The Hall–Kier alpha value is -0.860. The molecule has 0 amide bonds. The standard InChI is InChI=1S/C9H10NO/c1-2-4-8(5-3-1)9-10-6-7-11-9/h1-6,9-10H,7H2.